The van der Waals surface area contributed by atoms with Crippen molar-refractivity contribution in [3.63, 3.8) is 0 Å². The van der Waals surface area contributed by atoms with Crippen LogP contribution >= 0.6 is 11.3 Å². The van der Waals surface area contributed by atoms with E-state index in [1.807, 2.05) is 48.7 Å². The normalized spacial score (nSPS) is 13.4. The standard InChI is InChI=1S/C19H19NO3S/c1-13(10-17(21)18-6-3-9-24-18)20-19(22)15-5-2-4-14(11-15)16-7-8-23-12-16/h2-9,11-13,17,21H,10H2,1H3,(H,20,22). The molecule has 1 aromatic carbocycles. The van der Waals surface area contributed by atoms with E-state index in [4.69, 9.17) is 4.42 Å². The number of aliphatic hydroxyl groups is 1. The van der Waals surface area contributed by atoms with Crippen LogP contribution < -0.4 is 5.32 Å². The third-order valence-electron chi connectivity index (χ3n) is 3.81. The number of benzene rings is 1. The van der Waals surface area contributed by atoms with Crippen molar-refractivity contribution < 1.29 is 14.3 Å². The first-order valence-corrected chi connectivity index (χ1v) is 8.66. The summed E-state index contributed by atoms with van der Waals surface area (Å²) in [6, 6.07) is 12.9. The van der Waals surface area contributed by atoms with Gasteiger partial charge in [-0.1, -0.05) is 18.2 Å². The Hall–Kier alpha value is -2.37. The van der Waals surface area contributed by atoms with Crippen molar-refractivity contribution in [2.24, 2.45) is 0 Å². The van der Waals surface area contributed by atoms with Gasteiger partial charge in [0.15, 0.2) is 0 Å². The van der Waals surface area contributed by atoms with Crippen LogP contribution in [0.4, 0.5) is 0 Å². The van der Waals surface area contributed by atoms with E-state index in [1.54, 1.807) is 18.6 Å². The molecule has 3 aromatic rings. The van der Waals surface area contributed by atoms with Crippen LogP contribution in [0, 0.1) is 0 Å². The van der Waals surface area contributed by atoms with Gasteiger partial charge in [0, 0.05) is 22.0 Å². The molecule has 3 rings (SSSR count). The number of furan rings is 1. The van der Waals surface area contributed by atoms with Gasteiger partial charge in [-0.25, -0.2) is 0 Å². The molecule has 24 heavy (non-hydrogen) atoms. The highest BCUT2D eigenvalue weighted by molar-refractivity contribution is 7.10. The van der Waals surface area contributed by atoms with Crippen LogP contribution in [0.25, 0.3) is 11.1 Å². The van der Waals surface area contributed by atoms with E-state index in [0.29, 0.717) is 12.0 Å². The van der Waals surface area contributed by atoms with E-state index in [1.165, 1.54) is 11.3 Å². The van der Waals surface area contributed by atoms with Gasteiger partial charge in [-0.3, -0.25) is 4.79 Å². The summed E-state index contributed by atoms with van der Waals surface area (Å²) in [5.41, 5.74) is 2.46. The molecule has 4 nitrogen and oxygen atoms in total. The molecule has 0 spiro atoms. The minimum Gasteiger partial charge on any atom is -0.472 e. The number of hydrogen-bond donors (Lipinski definition) is 2. The van der Waals surface area contributed by atoms with Crippen molar-refractivity contribution in [1.82, 2.24) is 5.32 Å². The summed E-state index contributed by atoms with van der Waals surface area (Å²) in [6.07, 6.45) is 3.18. The number of thiophene rings is 1. The van der Waals surface area contributed by atoms with Crippen LogP contribution in [0.3, 0.4) is 0 Å². The highest BCUT2D eigenvalue weighted by atomic mass is 32.1. The summed E-state index contributed by atoms with van der Waals surface area (Å²) >= 11 is 1.52. The lowest BCUT2D eigenvalue weighted by Crippen LogP contribution is -2.33. The molecular weight excluding hydrogens is 322 g/mol. The Balaban J connectivity index is 1.63. The van der Waals surface area contributed by atoms with Gasteiger partial charge in [-0.05, 0) is 48.6 Å². The predicted octanol–water partition coefficient (Wildman–Crippen LogP) is 4.25. The smallest absolute Gasteiger partial charge is 0.251 e. The van der Waals surface area contributed by atoms with Crippen LogP contribution in [0.15, 0.2) is 64.8 Å². The number of carbonyl (C=O) groups is 1. The Labute approximate surface area is 144 Å². The summed E-state index contributed by atoms with van der Waals surface area (Å²) in [5, 5.41) is 15.1. The Morgan fingerprint density at radius 3 is 2.83 bits per heavy atom. The van der Waals surface area contributed by atoms with Gasteiger partial charge in [0.05, 0.1) is 18.6 Å². The average molecular weight is 341 g/mol. The fourth-order valence-electron chi connectivity index (χ4n) is 2.57. The van der Waals surface area contributed by atoms with E-state index < -0.39 is 6.10 Å². The zero-order chi connectivity index (χ0) is 16.9. The molecule has 0 bridgehead atoms. The maximum atomic E-state index is 12.4. The molecule has 0 saturated carbocycles. The Morgan fingerprint density at radius 1 is 1.25 bits per heavy atom. The van der Waals surface area contributed by atoms with Crippen LogP contribution in [0.1, 0.15) is 34.7 Å². The molecule has 2 atom stereocenters. The first kappa shape index (κ1) is 16.5. The summed E-state index contributed by atoms with van der Waals surface area (Å²) in [4.78, 5) is 13.3. The van der Waals surface area contributed by atoms with E-state index in [2.05, 4.69) is 5.32 Å². The molecule has 0 fully saturated rings. The molecule has 0 aliphatic carbocycles. The SMILES string of the molecule is CC(CC(O)c1cccs1)NC(=O)c1cccc(-c2ccoc2)c1. The third kappa shape index (κ3) is 3.93. The Bertz CT molecular complexity index is 781. The van der Waals surface area contributed by atoms with Crippen molar-refractivity contribution >= 4 is 17.2 Å². The van der Waals surface area contributed by atoms with Gasteiger partial charge in [-0.15, -0.1) is 11.3 Å². The maximum absolute atomic E-state index is 12.4. The molecule has 0 aliphatic heterocycles. The maximum Gasteiger partial charge on any atom is 0.251 e. The molecule has 124 valence electrons. The van der Waals surface area contributed by atoms with Crippen molar-refractivity contribution in [3.05, 3.63) is 70.8 Å². The molecule has 2 unspecified atom stereocenters. The number of aliphatic hydroxyl groups excluding tert-OH is 1. The molecule has 0 saturated heterocycles. The number of carbonyl (C=O) groups excluding carboxylic acids is 1. The number of nitrogens with one attached hydrogen (secondary N) is 1. The molecule has 0 aliphatic rings. The van der Waals surface area contributed by atoms with E-state index >= 15 is 0 Å². The molecule has 5 heteroatoms. The van der Waals surface area contributed by atoms with E-state index in [0.717, 1.165) is 16.0 Å². The lowest BCUT2D eigenvalue weighted by Gasteiger charge is -2.17. The lowest BCUT2D eigenvalue weighted by atomic mass is 10.0. The first-order valence-electron chi connectivity index (χ1n) is 7.78. The second-order valence-corrected chi connectivity index (χ2v) is 6.71. The highest BCUT2D eigenvalue weighted by Crippen LogP contribution is 2.23. The van der Waals surface area contributed by atoms with Crippen LogP contribution in [-0.4, -0.2) is 17.1 Å². The summed E-state index contributed by atoms with van der Waals surface area (Å²) in [5.74, 6) is -0.147. The van der Waals surface area contributed by atoms with Gasteiger partial charge < -0.3 is 14.8 Å². The molecule has 2 N–H and O–H groups in total. The molecule has 2 aromatic heterocycles. The Kier molecular flexibility index (Phi) is 5.13. The van der Waals surface area contributed by atoms with Gasteiger partial charge in [0.1, 0.15) is 0 Å². The average Bonchev–Trinajstić information content (AvgIpc) is 3.28. The van der Waals surface area contributed by atoms with Gasteiger partial charge in [-0.2, -0.15) is 0 Å². The molecule has 1 amide bonds. The number of amides is 1. The molecule has 2 heterocycles. The second-order valence-electron chi connectivity index (χ2n) is 5.73. The fourth-order valence-corrected chi connectivity index (χ4v) is 3.29. The highest BCUT2D eigenvalue weighted by Gasteiger charge is 2.16. The summed E-state index contributed by atoms with van der Waals surface area (Å²) in [7, 11) is 0. The van der Waals surface area contributed by atoms with Crippen LogP contribution in [-0.2, 0) is 0 Å². The Morgan fingerprint density at radius 2 is 2.12 bits per heavy atom. The third-order valence-corrected chi connectivity index (χ3v) is 4.78. The minimum absolute atomic E-state index is 0.132. The van der Waals surface area contributed by atoms with Crippen molar-refractivity contribution in [1.29, 1.82) is 0 Å². The second kappa shape index (κ2) is 7.47. The number of hydrogen-bond acceptors (Lipinski definition) is 4. The fraction of sp³-hybridized carbons (Fsp3) is 0.211. The first-order chi connectivity index (χ1) is 11.6. The van der Waals surface area contributed by atoms with E-state index in [-0.39, 0.29) is 11.9 Å². The quantitative estimate of drug-likeness (QED) is 0.704. The van der Waals surface area contributed by atoms with E-state index in [9.17, 15) is 9.90 Å². The summed E-state index contributed by atoms with van der Waals surface area (Å²) < 4.78 is 5.09. The van der Waals surface area contributed by atoms with Crippen LogP contribution in [0.2, 0.25) is 0 Å². The monoisotopic (exact) mass is 341 g/mol. The van der Waals surface area contributed by atoms with Crippen molar-refractivity contribution in [2.45, 2.75) is 25.5 Å². The molecular formula is C19H19NO3S. The van der Waals surface area contributed by atoms with Gasteiger partial charge in [0.2, 0.25) is 0 Å². The zero-order valence-electron chi connectivity index (χ0n) is 13.3. The minimum atomic E-state index is -0.558. The number of rotatable bonds is 6. The van der Waals surface area contributed by atoms with Crippen LogP contribution in [0.5, 0.6) is 0 Å². The molecule has 0 radical (unpaired) electrons. The predicted molar refractivity (Wildman–Crippen MR) is 95.0 cm³/mol. The summed E-state index contributed by atoms with van der Waals surface area (Å²) in [6.45, 7) is 1.90. The van der Waals surface area contributed by atoms with Crippen molar-refractivity contribution in [3.8, 4) is 11.1 Å². The zero-order valence-corrected chi connectivity index (χ0v) is 14.1. The van der Waals surface area contributed by atoms with Gasteiger partial charge >= 0.3 is 0 Å². The topological polar surface area (TPSA) is 62.5 Å². The lowest BCUT2D eigenvalue weighted by molar-refractivity contribution is 0.0918. The largest absolute Gasteiger partial charge is 0.472 e. The van der Waals surface area contributed by atoms with Gasteiger partial charge in [0.25, 0.3) is 5.91 Å². The van der Waals surface area contributed by atoms with Crippen molar-refractivity contribution in [2.75, 3.05) is 0 Å².